The lowest BCUT2D eigenvalue weighted by Gasteiger charge is -2.11. The van der Waals surface area contributed by atoms with E-state index >= 15 is 0 Å². The summed E-state index contributed by atoms with van der Waals surface area (Å²) < 4.78 is 0. The van der Waals surface area contributed by atoms with Gasteiger partial charge in [-0.1, -0.05) is 48.0 Å². The molecule has 0 fully saturated rings. The number of aryl methyl sites for hydroxylation is 3. The first-order valence-corrected chi connectivity index (χ1v) is 8.66. The number of nitrogens with zero attached hydrogens (tertiary/aromatic N) is 1. The molecule has 0 aliphatic carbocycles. The minimum absolute atomic E-state index is 0.201. The van der Waals surface area contributed by atoms with Crippen LogP contribution in [0, 0.1) is 20.8 Å². The number of aromatic nitrogens is 1. The second kappa shape index (κ2) is 7.83. The number of anilines is 2. The zero-order chi connectivity index (χ0) is 18.5. The molecule has 0 atom stereocenters. The second-order valence-electron chi connectivity index (χ2n) is 6.50. The van der Waals surface area contributed by atoms with Crippen molar-refractivity contribution in [3.63, 3.8) is 0 Å². The number of pyridine rings is 1. The van der Waals surface area contributed by atoms with Gasteiger partial charge in [0.15, 0.2) is 0 Å². The van der Waals surface area contributed by atoms with Crippen LogP contribution in [-0.4, -0.2) is 10.9 Å². The molecule has 4 nitrogen and oxygen atoms in total. The highest BCUT2D eigenvalue weighted by Crippen LogP contribution is 2.20. The maximum absolute atomic E-state index is 12.5. The van der Waals surface area contributed by atoms with Gasteiger partial charge in [-0.05, 0) is 49.6 Å². The molecule has 0 saturated heterocycles. The summed E-state index contributed by atoms with van der Waals surface area (Å²) in [5.41, 5.74) is 6.65. The fraction of sp³-hybridized carbons (Fsp3) is 0.182. The third-order valence-corrected chi connectivity index (χ3v) is 4.29. The fourth-order valence-corrected chi connectivity index (χ4v) is 2.85. The summed E-state index contributed by atoms with van der Waals surface area (Å²) in [6.07, 6.45) is 1.69. The summed E-state index contributed by atoms with van der Waals surface area (Å²) in [6.45, 7) is 6.76. The van der Waals surface area contributed by atoms with Crippen LogP contribution < -0.4 is 10.6 Å². The largest absolute Gasteiger partial charge is 0.380 e. The van der Waals surface area contributed by atoms with Crippen LogP contribution >= 0.6 is 0 Å². The second-order valence-corrected chi connectivity index (χ2v) is 6.50. The topological polar surface area (TPSA) is 54.0 Å². The standard InChI is InChI=1S/C22H23N3O/c1-15-6-4-9-18(12-15)13-23-19-10-11-20(24-14-19)22(26)25-21-16(2)7-5-8-17(21)3/h4-12,14,23H,13H2,1-3H3,(H,25,26). The molecule has 1 aromatic heterocycles. The van der Waals surface area contributed by atoms with Gasteiger partial charge in [0.25, 0.3) is 5.91 Å². The van der Waals surface area contributed by atoms with Crippen molar-refractivity contribution in [2.75, 3.05) is 10.6 Å². The molecule has 0 radical (unpaired) electrons. The van der Waals surface area contributed by atoms with E-state index < -0.39 is 0 Å². The van der Waals surface area contributed by atoms with Gasteiger partial charge in [-0.25, -0.2) is 4.98 Å². The first-order valence-electron chi connectivity index (χ1n) is 8.66. The Hall–Kier alpha value is -3.14. The average Bonchev–Trinajstić information content (AvgIpc) is 2.63. The van der Waals surface area contributed by atoms with Gasteiger partial charge in [0.2, 0.25) is 0 Å². The average molecular weight is 345 g/mol. The number of hydrogen-bond donors (Lipinski definition) is 2. The third-order valence-electron chi connectivity index (χ3n) is 4.29. The Morgan fingerprint density at radius 1 is 0.962 bits per heavy atom. The minimum atomic E-state index is -0.201. The predicted molar refractivity (Wildman–Crippen MR) is 107 cm³/mol. The minimum Gasteiger partial charge on any atom is -0.380 e. The van der Waals surface area contributed by atoms with E-state index in [1.54, 1.807) is 12.3 Å². The van der Waals surface area contributed by atoms with E-state index in [0.717, 1.165) is 29.0 Å². The highest BCUT2D eigenvalue weighted by Gasteiger charge is 2.10. The van der Waals surface area contributed by atoms with Crippen LogP contribution in [0.2, 0.25) is 0 Å². The first-order chi connectivity index (χ1) is 12.5. The van der Waals surface area contributed by atoms with Crippen molar-refractivity contribution in [2.24, 2.45) is 0 Å². The van der Waals surface area contributed by atoms with Gasteiger partial charge in [-0.2, -0.15) is 0 Å². The molecule has 1 amide bonds. The van der Waals surface area contributed by atoms with E-state index in [9.17, 15) is 4.79 Å². The van der Waals surface area contributed by atoms with Crippen LogP contribution in [-0.2, 0) is 6.54 Å². The van der Waals surface area contributed by atoms with E-state index in [0.29, 0.717) is 5.69 Å². The maximum atomic E-state index is 12.5. The van der Waals surface area contributed by atoms with E-state index in [1.807, 2.05) is 44.2 Å². The van der Waals surface area contributed by atoms with Crippen LogP contribution in [0.15, 0.2) is 60.8 Å². The molecule has 1 heterocycles. The quantitative estimate of drug-likeness (QED) is 0.693. The molecule has 3 aromatic rings. The number of benzene rings is 2. The van der Waals surface area contributed by atoms with E-state index in [1.165, 1.54) is 11.1 Å². The molecule has 4 heteroatoms. The first kappa shape index (κ1) is 17.7. The number of rotatable bonds is 5. The SMILES string of the molecule is Cc1cccc(CNc2ccc(C(=O)Nc3c(C)cccc3C)nc2)c1. The van der Waals surface area contributed by atoms with Gasteiger partial charge in [0.05, 0.1) is 11.9 Å². The Morgan fingerprint density at radius 3 is 2.35 bits per heavy atom. The van der Waals surface area contributed by atoms with E-state index in [2.05, 4.69) is 40.7 Å². The van der Waals surface area contributed by atoms with Crippen LogP contribution in [0.3, 0.4) is 0 Å². The predicted octanol–water partition coefficient (Wildman–Crippen LogP) is 4.87. The van der Waals surface area contributed by atoms with Crippen molar-refractivity contribution < 1.29 is 4.79 Å². The van der Waals surface area contributed by atoms with Gasteiger partial charge in [0.1, 0.15) is 5.69 Å². The van der Waals surface area contributed by atoms with Gasteiger partial charge in [0, 0.05) is 12.2 Å². The van der Waals surface area contributed by atoms with E-state index in [4.69, 9.17) is 0 Å². The summed E-state index contributed by atoms with van der Waals surface area (Å²) in [7, 11) is 0. The van der Waals surface area contributed by atoms with Gasteiger partial charge in [-0.3, -0.25) is 4.79 Å². The molecule has 0 spiro atoms. The number of nitrogens with one attached hydrogen (secondary N) is 2. The summed E-state index contributed by atoms with van der Waals surface area (Å²) in [6, 6.07) is 17.9. The zero-order valence-electron chi connectivity index (χ0n) is 15.3. The third kappa shape index (κ3) is 4.28. The van der Waals surface area contributed by atoms with Crippen LogP contribution in [0.5, 0.6) is 0 Å². The smallest absolute Gasteiger partial charge is 0.274 e. The number of amides is 1. The highest BCUT2D eigenvalue weighted by molar-refractivity contribution is 6.03. The molecule has 2 N–H and O–H groups in total. The molecule has 0 unspecified atom stereocenters. The summed E-state index contributed by atoms with van der Waals surface area (Å²) in [5.74, 6) is -0.201. The van der Waals surface area contributed by atoms with Crippen molar-refractivity contribution in [3.8, 4) is 0 Å². The molecule has 2 aromatic carbocycles. The lowest BCUT2D eigenvalue weighted by Crippen LogP contribution is -2.15. The highest BCUT2D eigenvalue weighted by atomic mass is 16.1. The van der Waals surface area contributed by atoms with Crippen molar-refractivity contribution in [3.05, 3.63) is 88.7 Å². The summed E-state index contributed by atoms with van der Waals surface area (Å²) >= 11 is 0. The summed E-state index contributed by atoms with van der Waals surface area (Å²) in [4.78, 5) is 16.7. The number of carbonyl (C=O) groups is 1. The summed E-state index contributed by atoms with van der Waals surface area (Å²) in [5, 5.41) is 6.28. The van der Waals surface area contributed by atoms with Gasteiger partial charge in [-0.15, -0.1) is 0 Å². The van der Waals surface area contributed by atoms with Crippen molar-refractivity contribution in [2.45, 2.75) is 27.3 Å². The Labute approximate surface area is 154 Å². The Bertz CT molecular complexity index is 897. The Balaban J connectivity index is 1.64. The molecule has 0 aliphatic rings. The van der Waals surface area contributed by atoms with Crippen molar-refractivity contribution in [1.82, 2.24) is 4.98 Å². The number of hydrogen-bond acceptors (Lipinski definition) is 3. The van der Waals surface area contributed by atoms with Crippen LogP contribution in [0.1, 0.15) is 32.7 Å². The zero-order valence-corrected chi connectivity index (χ0v) is 15.3. The molecule has 0 saturated carbocycles. The molecule has 26 heavy (non-hydrogen) atoms. The molecule has 132 valence electrons. The number of carbonyl (C=O) groups excluding carboxylic acids is 1. The molecule has 0 bridgehead atoms. The molecule has 3 rings (SSSR count). The molecule has 0 aliphatic heterocycles. The normalized spacial score (nSPS) is 10.4. The van der Waals surface area contributed by atoms with Crippen molar-refractivity contribution >= 4 is 17.3 Å². The van der Waals surface area contributed by atoms with Crippen LogP contribution in [0.4, 0.5) is 11.4 Å². The van der Waals surface area contributed by atoms with Crippen molar-refractivity contribution in [1.29, 1.82) is 0 Å². The lowest BCUT2D eigenvalue weighted by atomic mass is 10.1. The maximum Gasteiger partial charge on any atom is 0.274 e. The Morgan fingerprint density at radius 2 is 1.69 bits per heavy atom. The van der Waals surface area contributed by atoms with Gasteiger partial charge < -0.3 is 10.6 Å². The molecular weight excluding hydrogens is 322 g/mol. The monoisotopic (exact) mass is 345 g/mol. The van der Waals surface area contributed by atoms with E-state index in [-0.39, 0.29) is 5.91 Å². The molecular formula is C22H23N3O. The lowest BCUT2D eigenvalue weighted by molar-refractivity contribution is 0.102. The van der Waals surface area contributed by atoms with Gasteiger partial charge >= 0.3 is 0 Å². The Kier molecular flexibility index (Phi) is 5.32. The van der Waals surface area contributed by atoms with Crippen LogP contribution in [0.25, 0.3) is 0 Å². The number of para-hydroxylation sites is 1. The fourth-order valence-electron chi connectivity index (χ4n) is 2.85.